The zero-order valence-electron chi connectivity index (χ0n) is 12.3. The molecular formula is C16H22N2O2. The molecule has 0 aliphatic heterocycles. The number of hydrogen-bond donors (Lipinski definition) is 1. The van der Waals surface area contributed by atoms with Crippen LogP contribution in [0.25, 0.3) is 0 Å². The van der Waals surface area contributed by atoms with Gasteiger partial charge in [0.15, 0.2) is 5.75 Å². The van der Waals surface area contributed by atoms with Gasteiger partial charge in [-0.15, -0.1) is 0 Å². The smallest absolute Gasteiger partial charge is 0.163 e. The van der Waals surface area contributed by atoms with E-state index >= 15 is 0 Å². The van der Waals surface area contributed by atoms with Crippen molar-refractivity contribution in [2.75, 3.05) is 7.11 Å². The number of benzene rings is 1. The number of ether oxygens (including phenoxy) is 1. The van der Waals surface area contributed by atoms with Gasteiger partial charge in [0.1, 0.15) is 11.8 Å². The molecule has 0 spiro atoms. The minimum Gasteiger partial charge on any atom is -0.493 e. The average molecular weight is 274 g/mol. The molecule has 108 valence electrons. The third-order valence-electron chi connectivity index (χ3n) is 3.46. The zero-order valence-corrected chi connectivity index (χ0v) is 12.3. The molecule has 2 aromatic rings. The van der Waals surface area contributed by atoms with Crippen LogP contribution in [-0.2, 0) is 13.0 Å². The molecule has 4 nitrogen and oxygen atoms in total. The molecule has 0 aliphatic carbocycles. The number of rotatable bonds is 6. The topological polar surface area (TPSA) is 47.3 Å². The Bertz CT molecular complexity index is 546. The minimum absolute atomic E-state index is 0.630. The van der Waals surface area contributed by atoms with Crippen LogP contribution in [0.15, 0.2) is 30.5 Å². The van der Waals surface area contributed by atoms with Crippen LogP contribution in [0.3, 0.4) is 0 Å². The highest BCUT2D eigenvalue weighted by Crippen LogP contribution is 2.30. The third kappa shape index (κ3) is 2.85. The molecule has 0 fully saturated rings. The van der Waals surface area contributed by atoms with Crippen molar-refractivity contribution < 1.29 is 9.84 Å². The van der Waals surface area contributed by atoms with Crippen molar-refractivity contribution in [3.8, 4) is 5.75 Å². The van der Waals surface area contributed by atoms with Crippen molar-refractivity contribution in [1.82, 2.24) is 9.78 Å². The molecule has 1 heterocycles. The van der Waals surface area contributed by atoms with Crippen molar-refractivity contribution >= 4 is 0 Å². The van der Waals surface area contributed by atoms with Gasteiger partial charge < -0.3 is 9.84 Å². The predicted octanol–water partition coefficient (Wildman–Crippen LogP) is 2.95. The molecule has 0 radical (unpaired) electrons. The lowest BCUT2D eigenvalue weighted by Crippen LogP contribution is -2.11. The molecule has 0 aliphatic rings. The Morgan fingerprint density at radius 3 is 2.50 bits per heavy atom. The number of aromatic nitrogens is 2. The van der Waals surface area contributed by atoms with E-state index < -0.39 is 6.10 Å². The number of hydrogen-bond acceptors (Lipinski definition) is 3. The van der Waals surface area contributed by atoms with E-state index in [4.69, 9.17) is 4.74 Å². The molecule has 0 saturated carbocycles. The first-order valence-corrected chi connectivity index (χ1v) is 7.07. The van der Waals surface area contributed by atoms with Crippen molar-refractivity contribution in [3.05, 3.63) is 47.3 Å². The SMILES string of the molecule is CCCn1ncc(OC)c1C(O)c1ccc(CC)cc1. The van der Waals surface area contributed by atoms with Crippen LogP contribution in [0.4, 0.5) is 0 Å². The Hall–Kier alpha value is -1.81. The van der Waals surface area contributed by atoms with Crippen LogP contribution in [0.2, 0.25) is 0 Å². The zero-order chi connectivity index (χ0) is 14.5. The van der Waals surface area contributed by atoms with Gasteiger partial charge in [-0.2, -0.15) is 5.10 Å². The van der Waals surface area contributed by atoms with Crippen LogP contribution in [0.1, 0.15) is 43.2 Å². The normalized spacial score (nSPS) is 12.4. The van der Waals surface area contributed by atoms with E-state index in [2.05, 4.69) is 18.9 Å². The van der Waals surface area contributed by atoms with Crippen molar-refractivity contribution in [3.63, 3.8) is 0 Å². The highest BCUT2D eigenvalue weighted by atomic mass is 16.5. The number of aliphatic hydroxyl groups excluding tert-OH is 1. The summed E-state index contributed by atoms with van der Waals surface area (Å²) in [5.74, 6) is 0.630. The Labute approximate surface area is 120 Å². The fourth-order valence-corrected chi connectivity index (χ4v) is 2.29. The molecule has 4 heteroatoms. The Morgan fingerprint density at radius 2 is 1.95 bits per heavy atom. The summed E-state index contributed by atoms with van der Waals surface area (Å²) < 4.78 is 7.13. The van der Waals surface area contributed by atoms with Gasteiger partial charge in [0.25, 0.3) is 0 Å². The van der Waals surface area contributed by atoms with Crippen molar-refractivity contribution in [2.45, 2.75) is 39.3 Å². The first-order valence-electron chi connectivity index (χ1n) is 7.07. The van der Waals surface area contributed by atoms with Gasteiger partial charge in [-0.05, 0) is 24.0 Å². The highest BCUT2D eigenvalue weighted by molar-refractivity contribution is 5.35. The van der Waals surface area contributed by atoms with Gasteiger partial charge in [0, 0.05) is 6.54 Å². The second-order valence-corrected chi connectivity index (χ2v) is 4.82. The fourth-order valence-electron chi connectivity index (χ4n) is 2.29. The van der Waals surface area contributed by atoms with Gasteiger partial charge in [-0.1, -0.05) is 38.1 Å². The predicted molar refractivity (Wildman–Crippen MR) is 79.0 cm³/mol. The van der Waals surface area contributed by atoms with E-state index in [0.29, 0.717) is 5.75 Å². The molecule has 1 unspecified atom stereocenters. The average Bonchev–Trinajstić information content (AvgIpc) is 2.90. The molecule has 20 heavy (non-hydrogen) atoms. The first-order chi connectivity index (χ1) is 9.71. The van der Waals surface area contributed by atoms with Crippen molar-refractivity contribution in [2.24, 2.45) is 0 Å². The minimum atomic E-state index is -0.718. The number of methoxy groups -OCH3 is 1. The van der Waals surface area contributed by atoms with E-state index in [-0.39, 0.29) is 0 Å². The van der Waals surface area contributed by atoms with Crippen LogP contribution < -0.4 is 4.74 Å². The summed E-state index contributed by atoms with van der Waals surface area (Å²) in [6.07, 6.45) is 2.89. The van der Waals surface area contributed by atoms with E-state index in [1.165, 1.54) is 5.56 Å². The Morgan fingerprint density at radius 1 is 1.25 bits per heavy atom. The number of nitrogens with zero attached hydrogens (tertiary/aromatic N) is 2. The molecule has 0 amide bonds. The second-order valence-electron chi connectivity index (χ2n) is 4.82. The Kier molecular flexibility index (Phi) is 4.79. The quantitative estimate of drug-likeness (QED) is 0.881. The molecule has 2 rings (SSSR count). The monoisotopic (exact) mass is 274 g/mol. The van der Waals surface area contributed by atoms with Crippen LogP contribution in [0, 0.1) is 0 Å². The molecule has 1 atom stereocenters. The van der Waals surface area contributed by atoms with Crippen molar-refractivity contribution in [1.29, 1.82) is 0 Å². The Balaban J connectivity index is 2.35. The standard InChI is InChI=1S/C16H22N2O2/c1-4-10-18-15(14(20-3)11-17-18)16(19)13-8-6-12(5-2)7-9-13/h6-9,11,16,19H,4-5,10H2,1-3H3. The molecule has 1 aromatic heterocycles. The first kappa shape index (κ1) is 14.6. The molecule has 0 saturated heterocycles. The summed E-state index contributed by atoms with van der Waals surface area (Å²) in [6, 6.07) is 8.02. The van der Waals surface area contributed by atoms with Crippen LogP contribution in [0.5, 0.6) is 5.75 Å². The molecule has 1 aromatic carbocycles. The molecule has 1 N–H and O–H groups in total. The summed E-state index contributed by atoms with van der Waals surface area (Å²) in [5, 5.41) is 14.9. The lowest BCUT2D eigenvalue weighted by molar-refractivity contribution is 0.202. The summed E-state index contributed by atoms with van der Waals surface area (Å²) in [7, 11) is 1.60. The fraction of sp³-hybridized carbons (Fsp3) is 0.438. The lowest BCUT2D eigenvalue weighted by Gasteiger charge is -2.15. The maximum atomic E-state index is 10.6. The highest BCUT2D eigenvalue weighted by Gasteiger charge is 2.21. The van der Waals surface area contributed by atoms with E-state index in [1.807, 2.05) is 28.9 Å². The largest absolute Gasteiger partial charge is 0.493 e. The van der Waals surface area contributed by atoms with E-state index in [1.54, 1.807) is 13.3 Å². The number of aryl methyl sites for hydroxylation is 2. The van der Waals surface area contributed by atoms with Gasteiger partial charge in [0.05, 0.1) is 13.3 Å². The van der Waals surface area contributed by atoms with E-state index in [9.17, 15) is 5.11 Å². The maximum absolute atomic E-state index is 10.6. The summed E-state index contributed by atoms with van der Waals surface area (Å²) in [5.41, 5.74) is 2.84. The summed E-state index contributed by atoms with van der Waals surface area (Å²) in [6.45, 7) is 4.97. The van der Waals surface area contributed by atoms with Crippen LogP contribution in [-0.4, -0.2) is 22.0 Å². The maximum Gasteiger partial charge on any atom is 0.163 e. The van der Waals surface area contributed by atoms with Gasteiger partial charge in [0.2, 0.25) is 0 Å². The van der Waals surface area contributed by atoms with E-state index in [0.717, 1.165) is 30.6 Å². The molecule has 0 bridgehead atoms. The van der Waals surface area contributed by atoms with Gasteiger partial charge in [-0.25, -0.2) is 0 Å². The second kappa shape index (κ2) is 6.57. The van der Waals surface area contributed by atoms with Crippen LogP contribution >= 0.6 is 0 Å². The number of aliphatic hydroxyl groups is 1. The molecular weight excluding hydrogens is 252 g/mol. The summed E-state index contributed by atoms with van der Waals surface area (Å²) >= 11 is 0. The third-order valence-corrected chi connectivity index (χ3v) is 3.46. The lowest BCUT2D eigenvalue weighted by atomic mass is 10.0. The van der Waals surface area contributed by atoms with Gasteiger partial charge >= 0.3 is 0 Å². The van der Waals surface area contributed by atoms with Gasteiger partial charge in [-0.3, -0.25) is 4.68 Å². The summed E-state index contributed by atoms with van der Waals surface area (Å²) in [4.78, 5) is 0.